The van der Waals surface area contributed by atoms with Gasteiger partial charge in [-0.05, 0) is 43.6 Å². The van der Waals surface area contributed by atoms with Crippen LogP contribution in [0, 0.1) is 0 Å². The minimum absolute atomic E-state index is 0.299. The number of carbonyl (C=O) groups is 1. The van der Waals surface area contributed by atoms with Crippen molar-refractivity contribution in [2.45, 2.75) is 32.4 Å². The van der Waals surface area contributed by atoms with Gasteiger partial charge in [0.15, 0.2) is 6.61 Å². The summed E-state index contributed by atoms with van der Waals surface area (Å²) in [6, 6.07) is 8.22. The highest BCUT2D eigenvalue weighted by atomic mass is 16.5. The van der Waals surface area contributed by atoms with Crippen LogP contribution in [0.25, 0.3) is 0 Å². The average molecular weight is 292 g/mol. The van der Waals surface area contributed by atoms with Gasteiger partial charge in [0.2, 0.25) is 0 Å². The van der Waals surface area contributed by atoms with Crippen molar-refractivity contribution in [3.8, 4) is 5.75 Å². The highest BCUT2D eigenvalue weighted by molar-refractivity contribution is 5.68. The molecule has 1 heterocycles. The molecule has 1 aromatic rings. The van der Waals surface area contributed by atoms with Crippen LogP contribution in [0.15, 0.2) is 24.3 Å². The lowest BCUT2D eigenvalue weighted by Crippen LogP contribution is -2.37. The molecule has 0 saturated carbocycles. The van der Waals surface area contributed by atoms with E-state index in [1.54, 1.807) is 0 Å². The van der Waals surface area contributed by atoms with Crippen LogP contribution < -0.4 is 10.1 Å². The summed E-state index contributed by atoms with van der Waals surface area (Å²) in [5.74, 6) is -0.369. The van der Waals surface area contributed by atoms with Crippen LogP contribution in [0.1, 0.15) is 25.3 Å². The van der Waals surface area contributed by atoms with Gasteiger partial charge in [0, 0.05) is 19.1 Å². The number of likely N-dealkylation sites (N-methyl/N-ethyl adjacent to an activating group) is 1. The van der Waals surface area contributed by atoms with E-state index < -0.39 is 5.97 Å². The third kappa shape index (κ3) is 5.02. The van der Waals surface area contributed by atoms with E-state index in [1.807, 2.05) is 24.3 Å². The molecule has 5 nitrogen and oxygen atoms in total. The van der Waals surface area contributed by atoms with Crippen molar-refractivity contribution in [1.82, 2.24) is 10.2 Å². The number of rotatable bonds is 8. The Labute approximate surface area is 125 Å². The Balaban J connectivity index is 1.72. The number of nitrogens with one attached hydrogen (secondary N) is 1. The first-order chi connectivity index (χ1) is 10.2. The van der Waals surface area contributed by atoms with Crippen LogP contribution in [-0.2, 0) is 11.3 Å². The van der Waals surface area contributed by atoms with Crippen LogP contribution in [0.4, 0.5) is 0 Å². The summed E-state index contributed by atoms with van der Waals surface area (Å²) in [6.45, 7) is 6.11. The fourth-order valence-corrected chi connectivity index (χ4v) is 2.77. The number of hydrogen-bond acceptors (Lipinski definition) is 4. The van der Waals surface area contributed by atoms with E-state index in [2.05, 4.69) is 17.1 Å². The van der Waals surface area contributed by atoms with Gasteiger partial charge in [-0.15, -0.1) is 0 Å². The molecule has 0 radical (unpaired) electrons. The molecular weight excluding hydrogens is 268 g/mol. The maximum atomic E-state index is 10.4. The van der Waals surface area contributed by atoms with Gasteiger partial charge in [-0.2, -0.15) is 0 Å². The van der Waals surface area contributed by atoms with E-state index in [4.69, 9.17) is 9.84 Å². The fraction of sp³-hybridized carbons (Fsp3) is 0.562. The first kappa shape index (κ1) is 15.8. The minimum Gasteiger partial charge on any atom is -0.482 e. The largest absolute Gasteiger partial charge is 0.482 e. The first-order valence-corrected chi connectivity index (χ1v) is 7.57. The second-order valence-electron chi connectivity index (χ2n) is 5.38. The van der Waals surface area contributed by atoms with E-state index >= 15 is 0 Å². The molecular formula is C16H24N2O3. The van der Waals surface area contributed by atoms with Crippen molar-refractivity contribution in [2.24, 2.45) is 0 Å². The summed E-state index contributed by atoms with van der Waals surface area (Å²) >= 11 is 0. The Kier molecular flexibility index (Phi) is 6.02. The predicted molar refractivity (Wildman–Crippen MR) is 81.5 cm³/mol. The Hall–Kier alpha value is -1.59. The molecule has 1 unspecified atom stereocenters. The summed E-state index contributed by atoms with van der Waals surface area (Å²) in [5.41, 5.74) is 1.18. The molecule has 1 saturated heterocycles. The van der Waals surface area contributed by atoms with Gasteiger partial charge in [-0.3, -0.25) is 4.90 Å². The molecule has 1 fully saturated rings. The number of carboxylic acids is 1. The highest BCUT2D eigenvalue weighted by Gasteiger charge is 2.21. The Bertz CT molecular complexity index is 447. The smallest absolute Gasteiger partial charge is 0.341 e. The molecule has 1 aliphatic heterocycles. The molecule has 21 heavy (non-hydrogen) atoms. The maximum absolute atomic E-state index is 10.4. The summed E-state index contributed by atoms with van der Waals surface area (Å²) < 4.78 is 5.11. The molecule has 2 N–H and O–H groups in total. The normalized spacial score (nSPS) is 18.8. The number of nitrogens with zero attached hydrogens (tertiary/aromatic N) is 1. The second-order valence-corrected chi connectivity index (χ2v) is 5.38. The van der Waals surface area contributed by atoms with Crippen LogP contribution in [0.5, 0.6) is 5.75 Å². The van der Waals surface area contributed by atoms with Crippen molar-refractivity contribution < 1.29 is 14.6 Å². The molecule has 2 rings (SSSR count). The lowest BCUT2D eigenvalue weighted by Gasteiger charge is -2.23. The van der Waals surface area contributed by atoms with Gasteiger partial charge in [0.05, 0.1) is 0 Å². The van der Waals surface area contributed by atoms with Gasteiger partial charge in [-0.1, -0.05) is 19.1 Å². The molecule has 0 spiro atoms. The van der Waals surface area contributed by atoms with Gasteiger partial charge < -0.3 is 15.2 Å². The summed E-state index contributed by atoms with van der Waals surface area (Å²) in [4.78, 5) is 12.9. The van der Waals surface area contributed by atoms with Crippen molar-refractivity contribution in [2.75, 3.05) is 26.2 Å². The number of hydrogen-bond donors (Lipinski definition) is 2. The Morgan fingerprint density at radius 2 is 2.19 bits per heavy atom. The number of aliphatic carboxylic acids is 1. The fourth-order valence-electron chi connectivity index (χ4n) is 2.77. The highest BCUT2D eigenvalue weighted by Crippen LogP contribution is 2.16. The SMILES string of the molecule is CCN1CCCC1CNCc1ccc(OCC(=O)O)cc1. The standard InChI is InChI=1S/C16H24N2O3/c1-2-18-9-3-4-14(18)11-17-10-13-5-7-15(8-6-13)21-12-16(19)20/h5-8,14,17H,2-4,9-12H2,1H3,(H,19,20). The molecule has 116 valence electrons. The molecule has 1 atom stereocenters. The van der Waals surface area contributed by atoms with Crippen molar-refractivity contribution in [1.29, 1.82) is 0 Å². The molecule has 0 aliphatic carbocycles. The van der Waals surface area contributed by atoms with Gasteiger partial charge in [0.25, 0.3) is 0 Å². The van der Waals surface area contributed by atoms with E-state index in [9.17, 15) is 4.79 Å². The molecule has 1 aliphatic rings. The van der Waals surface area contributed by atoms with Crippen LogP contribution in [0.2, 0.25) is 0 Å². The van der Waals surface area contributed by atoms with Crippen molar-refractivity contribution in [3.05, 3.63) is 29.8 Å². The van der Waals surface area contributed by atoms with Gasteiger partial charge in [0.1, 0.15) is 5.75 Å². The molecule has 1 aromatic carbocycles. The number of likely N-dealkylation sites (tertiary alicyclic amines) is 1. The summed E-state index contributed by atoms with van der Waals surface area (Å²) in [6.07, 6.45) is 2.58. The second kappa shape index (κ2) is 8.00. The molecule has 0 bridgehead atoms. The molecule has 5 heteroatoms. The Morgan fingerprint density at radius 3 is 2.86 bits per heavy atom. The van der Waals surface area contributed by atoms with Gasteiger partial charge in [-0.25, -0.2) is 4.79 Å². The van der Waals surface area contributed by atoms with E-state index in [0.717, 1.165) is 19.6 Å². The third-order valence-corrected chi connectivity index (χ3v) is 3.90. The Morgan fingerprint density at radius 1 is 1.43 bits per heavy atom. The van der Waals surface area contributed by atoms with E-state index in [-0.39, 0.29) is 6.61 Å². The van der Waals surface area contributed by atoms with E-state index in [1.165, 1.54) is 24.9 Å². The zero-order valence-electron chi connectivity index (χ0n) is 12.5. The number of carboxylic acid groups (broad SMARTS) is 1. The molecule has 0 aromatic heterocycles. The van der Waals surface area contributed by atoms with Crippen molar-refractivity contribution >= 4 is 5.97 Å². The maximum Gasteiger partial charge on any atom is 0.341 e. The predicted octanol–water partition coefficient (Wildman–Crippen LogP) is 1.72. The first-order valence-electron chi connectivity index (χ1n) is 7.57. The van der Waals surface area contributed by atoms with Gasteiger partial charge >= 0.3 is 5.97 Å². The zero-order chi connectivity index (χ0) is 15.1. The summed E-state index contributed by atoms with van der Waals surface area (Å²) in [5, 5.41) is 12.1. The number of benzene rings is 1. The lowest BCUT2D eigenvalue weighted by atomic mass is 10.2. The minimum atomic E-state index is -0.960. The molecule has 0 amide bonds. The van der Waals surface area contributed by atoms with Crippen molar-refractivity contribution in [3.63, 3.8) is 0 Å². The summed E-state index contributed by atoms with van der Waals surface area (Å²) in [7, 11) is 0. The van der Waals surface area contributed by atoms with Crippen LogP contribution >= 0.6 is 0 Å². The lowest BCUT2D eigenvalue weighted by molar-refractivity contribution is -0.139. The van der Waals surface area contributed by atoms with Crippen LogP contribution in [0.3, 0.4) is 0 Å². The monoisotopic (exact) mass is 292 g/mol. The van der Waals surface area contributed by atoms with E-state index in [0.29, 0.717) is 11.8 Å². The number of ether oxygens (including phenoxy) is 1. The topological polar surface area (TPSA) is 61.8 Å². The third-order valence-electron chi connectivity index (χ3n) is 3.90. The van der Waals surface area contributed by atoms with Crippen LogP contribution in [-0.4, -0.2) is 48.3 Å². The zero-order valence-corrected chi connectivity index (χ0v) is 12.5. The quantitative estimate of drug-likeness (QED) is 0.764. The average Bonchev–Trinajstić information content (AvgIpc) is 2.94.